The van der Waals surface area contributed by atoms with Gasteiger partial charge in [0, 0.05) is 12.2 Å². The van der Waals surface area contributed by atoms with Crippen LogP contribution in [0.2, 0.25) is 0 Å². The highest BCUT2D eigenvalue weighted by atomic mass is 32.1. The Bertz CT molecular complexity index is 594. The molecule has 2 heterocycles. The third-order valence-corrected chi connectivity index (χ3v) is 4.47. The van der Waals surface area contributed by atoms with Crippen LogP contribution in [0.1, 0.15) is 49.2 Å². The molecule has 0 aromatic carbocycles. The molecular weight excluding hydrogens is 270 g/mol. The summed E-state index contributed by atoms with van der Waals surface area (Å²) >= 11 is 1.40. The Morgan fingerprint density at radius 3 is 3.00 bits per heavy atom. The molecule has 20 heavy (non-hydrogen) atoms. The van der Waals surface area contributed by atoms with Crippen molar-refractivity contribution in [3.63, 3.8) is 0 Å². The number of nitrogens with one attached hydrogen (secondary N) is 1. The number of anilines is 1. The molecule has 0 spiro atoms. The maximum absolute atomic E-state index is 12.3. The standard InChI is InChI=1S/C15H21N3OS/c1-3-4-5-7-10(2)18-15(19)14-12(16)13-11(20-14)8-6-9-17-13/h6,8-10H,3-5,7,16H2,1-2H3,(H,18,19). The van der Waals surface area contributed by atoms with Gasteiger partial charge in [0.05, 0.1) is 10.4 Å². The van der Waals surface area contributed by atoms with Gasteiger partial charge in [-0.25, -0.2) is 0 Å². The van der Waals surface area contributed by atoms with Crippen LogP contribution in [0.5, 0.6) is 0 Å². The number of hydrogen-bond acceptors (Lipinski definition) is 4. The third-order valence-electron chi connectivity index (χ3n) is 3.31. The Labute approximate surface area is 123 Å². The first-order valence-electron chi connectivity index (χ1n) is 7.07. The van der Waals surface area contributed by atoms with Gasteiger partial charge in [0.1, 0.15) is 10.4 Å². The quantitative estimate of drug-likeness (QED) is 0.799. The van der Waals surface area contributed by atoms with Crippen LogP contribution >= 0.6 is 11.3 Å². The second-order valence-corrected chi connectivity index (χ2v) is 6.12. The Kier molecular flexibility index (Phi) is 4.95. The summed E-state index contributed by atoms with van der Waals surface area (Å²) in [4.78, 5) is 17.1. The molecule has 1 atom stereocenters. The van der Waals surface area contributed by atoms with Crippen LogP contribution < -0.4 is 11.1 Å². The molecule has 0 saturated heterocycles. The first kappa shape index (κ1) is 14.8. The van der Waals surface area contributed by atoms with E-state index in [4.69, 9.17) is 5.73 Å². The summed E-state index contributed by atoms with van der Waals surface area (Å²) in [6.07, 6.45) is 6.23. The molecule has 5 heteroatoms. The molecule has 0 saturated carbocycles. The van der Waals surface area contributed by atoms with E-state index in [1.54, 1.807) is 6.20 Å². The smallest absolute Gasteiger partial charge is 0.263 e. The predicted octanol–water partition coefficient (Wildman–Crippen LogP) is 3.58. The monoisotopic (exact) mass is 291 g/mol. The van der Waals surface area contributed by atoms with E-state index in [9.17, 15) is 4.79 Å². The number of fused-ring (bicyclic) bond motifs is 1. The van der Waals surface area contributed by atoms with Crippen molar-refractivity contribution in [1.82, 2.24) is 10.3 Å². The number of carbonyl (C=O) groups is 1. The average molecular weight is 291 g/mol. The second-order valence-electron chi connectivity index (χ2n) is 5.07. The number of nitrogens with zero attached hydrogens (tertiary/aromatic N) is 1. The lowest BCUT2D eigenvalue weighted by molar-refractivity contribution is 0.0943. The van der Waals surface area contributed by atoms with Crippen LogP contribution in [0.4, 0.5) is 5.69 Å². The number of unbranched alkanes of at least 4 members (excludes halogenated alkanes) is 2. The maximum atomic E-state index is 12.3. The highest BCUT2D eigenvalue weighted by Crippen LogP contribution is 2.31. The molecule has 108 valence electrons. The molecule has 0 aliphatic rings. The topological polar surface area (TPSA) is 68.0 Å². The summed E-state index contributed by atoms with van der Waals surface area (Å²) in [5, 5.41) is 3.02. The number of aromatic nitrogens is 1. The van der Waals surface area contributed by atoms with Crippen LogP contribution in [-0.4, -0.2) is 16.9 Å². The van der Waals surface area contributed by atoms with E-state index in [2.05, 4.69) is 17.2 Å². The highest BCUT2D eigenvalue weighted by Gasteiger charge is 2.18. The molecule has 0 aliphatic heterocycles. The molecule has 1 amide bonds. The molecular formula is C15H21N3OS. The number of thiophene rings is 1. The van der Waals surface area contributed by atoms with Gasteiger partial charge in [-0.05, 0) is 25.5 Å². The summed E-state index contributed by atoms with van der Waals surface area (Å²) in [5.74, 6) is -0.0884. The number of nitrogens with two attached hydrogens (primary N) is 1. The van der Waals surface area contributed by atoms with Crippen LogP contribution in [0.15, 0.2) is 18.3 Å². The minimum atomic E-state index is -0.0884. The normalized spacial score (nSPS) is 12.5. The number of pyridine rings is 1. The molecule has 1 unspecified atom stereocenters. The SMILES string of the molecule is CCCCCC(C)NC(=O)c1sc2cccnc2c1N. The Morgan fingerprint density at radius 1 is 1.50 bits per heavy atom. The lowest BCUT2D eigenvalue weighted by atomic mass is 10.1. The largest absolute Gasteiger partial charge is 0.396 e. The van der Waals surface area contributed by atoms with Crippen molar-refractivity contribution < 1.29 is 4.79 Å². The van der Waals surface area contributed by atoms with Crippen molar-refractivity contribution >= 4 is 33.1 Å². The van der Waals surface area contributed by atoms with Gasteiger partial charge >= 0.3 is 0 Å². The van der Waals surface area contributed by atoms with Crippen LogP contribution in [0.25, 0.3) is 10.2 Å². The zero-order chi connectivity index (χ0) is 14.5. The molecule has 3 N–H and O–H groups in total. The summed E-state index contributed by atoms with van der Waals surface area (Å²) in [7, 11) is 0. The lowest BCUT2D eigenvalue weighted by Crippen LogP contribution is -2.32. The Morgan fingerprint density at radius 2 is 2.30 bits per heavy atom. The van der Waals surface area contributed by atoms with E-state index in [-0.39, 0.29) is 11.9 Å². The van der Waals surface area contributed by atoms with Crippen molar-refractivity contribution in [2.75, 3.05) is 5.73 Å². The summed E-state index contributed by atoms with van der Waals surface area (Å²) in [6, 6.07) is 3.96. The summed E-state index contributed by atoms with van der Waals surface area (Å²) in [5.41, 5.74) is 7.24. The lowest BCUT2D eigenvalue weighted by Gasteiger charge is -2.13. The van der Waals surface area contributed by atoms with Gasteiger partial charge in [-0.1, -0.05) is 26.2 Å². The Balaban J connectivity index is 2.06. The van der Waals surface area contributed by atoms with Crippen molar-refractivity contribution in [3.8, 4) is 0 Å². The maximum Gasteiger partial charge on any atom is 0.263 e. The number of hydrogen-bond donors (Lipinski definition) is 2. The fourth-order valence-corrected chi connectivity index (χ4v) is 3.16. The van der Waals surface area contributed by atoms with Gasteiger partial charge in [0.15, 0.2) is 0 Å². The zero-order valence-corrected chi connectivity index (χ0v) is 12.8. The van der Waals surface area contributed by atoms with E-state index in [0.29, 0.717) is 10.6 Å². The van der Waals surface area contributed by atoms with Crippen LogP contribution in [-0.2, 0) is 0 Å². The fraction of sp³-hybridized carbons (Fsp3) is 0.467. The average Bonchev–Trinajstić information content (AvgIpc) is 2.77. The van der Waals surface area contributed by atoms with Gasteiger partial charge in [0.2, 0.25) is 0 Å². The van der Waals surface area contributed by atoms with Crippen molar-refractivity contribution in [2.24, 2.45) is 0 Å². The molecule has 2 aromatic heterocycles. The Hall–Kier alpha value is -1.62. The van der Waals surface area contributed by atoms with E-state index in [0.717, 1.165) is 23.1 Å². The molecule has 4 nitrogen and oxygen atoms in total. The van der Waals surface area contributed by atoms with Crippen molar-refractivity contribution in [3.05, 3.63) is 23.2 Å². The third kappa shape index (κ3) is 3.28. The first-order valence-corrected chi connectivity index (χ1v) is 7.89. The van der Waals surface area contributed by atoms with E-state index in [1.165, 1.54) is 24.2 Å². The van der Waals surface area contributed by atoms with Crippen LogP contribution in [0, 0.1) is 0 Å². The van der Waals surface area contributed by atoms with Gasteiger partial charge in [-0.2, -0.15) is 0 Å². The summed E-state index contributed by atoms with van der Waals surface area (Å²) in [6.45, 7) is 4.21. The van der Waals surface area contributed by atoms with E-state index in [1.807, 2.05) is 19.1 Å². The van der Waals surface area contributed by atoms with E-state index < -0.39 is 0 Å². The number of nitrogen functional groups attached to an aromatic ring is 1. The summed E-state index contributed by atoms with van der Waals surface area (Å²) < 4.78 is 0.953. The van der Waals surface area contributed by atoms with Gasteiger partial charge in [-0.15, -0.1) is 11.3 Å². The fourth-order valence-electron chi connectivity index (χ4n) is 2.18. The minimum Gasteiger partial charge on any atom is -0.396 e. The second kappa shape index (κ2) is 6.70. The molecule has 0 radical (unpaired) electrons. The number of carbonyl (C=O) groups excluding carboxylic acids is 1. The number of rotatable bonds is 6. The van der Waals surface area contributed by atoms with E-state index >= 15 is 0 Å². The molecule has 0 aliphatic carbocycles. The molecule has 0 fully saturated rings. The molecule has 2 aromatic rings. The van der Waals surface area contributed by atoms with Gasteiger partial charge < -0.3 is 11.1 Å². The molecule has 2 rings (SSSR count). The zero-order valence-electron chi connectivity index (χ0n) is 12.0. The van der Waals surface area contributed by atoms with Crippen molar-refractivity contribution in [1.29, 1.82) is 0 Å². The number of amides is 1. The minimum absolute atomic E-state index is 0.0884. The van der Waals surface area contributed by atoms with Gasteiger partial charge in [0.25, 0.3) is 5.91 Å². The first-order chi connectivity index (χ1) is 9.63. The van der Waals surface area contributed by atoms with Crippen molar-refractivity contribution in [2.45, 2.75) is 45.6 Å². The van der Waals surface area contributed by atoms with Crippen LogP contribution in [0.3, 0.4) is 0 Å². The highest BCUT2D eigenvalue weighted by molar-refractivity contribution is 7.21. The molecule has 0 bridgehead atoms. The van der Waals surface area contributed by atoms with Gasteiger partial charge in [-0.3, -0.25) is 9.78 Å². The predicted molar refractivity (Wildman–Crippen MR) is 85.1 cm³/mol.